The van der Waals surface area contributed by atoms with Crippen molar-refractivity contribution < 1.29 is 38.7 Å². The van der Waals surface area contributed by atoms with Gasteiger partial charge in [-0.15, -0.1) is 0 Å². The first-order valence-corrected chi connectivity index (χ1v) is 14.6. The Bertz CT molecular complexity index is 532. The molecule has 31 heavy (non-hydrogen) atoms. The molecule has 0 aromatic heterocycles. The molecule has 6 atom stereocenters. The maximum absolute atomic E-state index is 13.0. The van der Waals surface area contributed by atoms with Crippen LogP contribution in [0.15, 0.2) is 0 Å². The van der Waals surface area contributed by atoms with E-state index in [0.717, 1.165) is 12.8 Å². The Morgan fingerprint density at radius 1 is 0.871 bits per heavy atom. The standard InChI is InChI=1S/C21H46O8P2/c1-7-27-18(15-23)19(24)21(6,29-8-2)31(26)13-11-9-10-12-30(25)20(4,5)16-28-17(3)14-22/h17-19,22-24,30-31H,7-16H2,1-6H3. The van der Waals surface area contributed by atoms with Crippen LogP contribution in [0.2, 0.25) is 0 Å². The van der Waals surface area contributed by atoms with Crippen LogP contribution in [-0.4, -0.2) is 89.5 Å². The molecule has 0 heterocycles. The Hall–Kier alpha value is 0.220. The van der Waals surface area contributed by atoms with Crippen molar-refractivity contribution in [1.29, 1.82) is 0 Å². The van der Waals surface area contributed by atoms with Gasteiger partial charge in [0.15, 0.2) is 0 Å². The lowest BCUT2D eigenvalue weighted by Crippen LogP contribution is -2.49. The number of ether oxygens (including phenoxy) is 3. The van der Waals surface area contributed by atoms with Crippen LogP contribution < -0.4 is 0 Å². The highest BCUT2D eigenvalue weighted by molar-refractivity contribution is 7.46. The van der Waals surface area contributed by atoms with Crippen LogP contribution in [-0.2, 0) is 23.3 Å². The summed E-state index contributed by atoms with van der Waals surface area (Å²) in [5, 5.41) is 27.5. The molecule has 0 aliphatic carbocycles. The van der Waals surface area contributed by atoms with E-state index in [1.807, 2.05) is 13.8 Å². The molecule has 0 aliphatic heterocycles. The van der Waals surface area contributed by atoms with Gasteiger partial charge < -0.3 is 38.7 Å². The smallest absolute Gasteiger partial charge is 0.144 e. The molecule has 0 fully saturated rings. The van der Waals surface area contributed by atoms with Crippen LogP contribution in [0.3, 0.4) is 0 Å². The zero-order valence-corrected chi connectivity index (χ0v) is 22.2. The molecular formula is C21H46O8P2. The van der Waals surface area contributed by atoms with Gasteiger partial charge in [-0.2, -0.15) is 0 Å². The summed E-state index contributed by atoms with van der Waals surface area (Å²) in [4.78, 5) is 0. The molecule has 8 nitrogen and oxygen atoms in total. The van der Waals surface area contributed by atoms with Crippen molar-refractivity contribution in [2.24, 2.45) is 0 Å². The van der Waals surface area contributed by atoms with Crippen molar-refractivity contribution in [2.45, 2.75) is 89.6 Å². The molecule has 0 aromatic carbocycles. The van der Waals surface area contributed by atoms with E-state index in [1.54, 1.807) is 27.7 Å². The van der Waals surface area contributed by atoms with Gasteiger partial charge in [0, 0.05) is 24.5 Å². The van der Waals surface area contributed by atoms with Gasteiger partial charge in [-0.05, 0) is 46.7 Å². The molecule has 0 saturated carbocycles. The first-order valence-electron chi connectivity index (χ1n) is 11.3. The van der Waals surface area contributed by atoms with Crippen LogP contribution in [0.25, 0.3) is 0 Å². The predicted molar refractivity (Wildman–Crippen MR) is 127 cm³/mol. The molecule has 0 rings (SSSR count). The van der Waals surface area contributed by atoms with Gasteiger partial charge in [-0.1, -0.05) is 20.3 Å². The highest BCUT2D eigenvalue weighted by atomic mass is 31.1. The number of rotatable bonds is 19. The van der Waals surface area contributed by atoms with Crippen molar-refractivity contribution in [3.05, 3.63) is 0 Å². The minimum atomic E-state index is -2.34. The molecule has 10 heteroatoms. The maximum Gasteiger partial charge on any atom is 0.144 e. The van der Waals surface area contributed by atoms with Crippen molar-refractivity contribution in [1.82, 2.24) is 0 Å². The summed E-state index contributed by atoms with van der Waals surface area (Å²) >= 11 is 0. The number of aliphatic hydroxyl groups excluding tert-OH is 3. The fraction of sp³-hybridized carbons (Fsp3) is 1.00. The minimum absolute atomic E-state index is 0.0603. The highest BCUT2D eigenvalue weighted by Gasteiger charge is 2.43. The van der Waals surface area contributed by atoms with E-state index in [9.17, 15) is 19.3 Å². The monoisotopic (exact) mass is 488 g/mol. The second-order valence-electron chi connectivity index (χ2n) is 8.76. The van der Waals surface area contributed by atoms with Crippen LogP contribution in [0, 0.1) is 0 Å². The molecule has 0 saturated heterocycles. The lowest BCUT2D eigenvalue weighted by molar-refractivity contribution is -0.132. The first-order chi connectivity index (χ1) is 14.5. The van der Waals surface area contributed by atoms with Crippen molar-refractivity contribution >= 4 is 15.6 Å². The highest BCUT2D eigenvalue weighted by Crippen LogP contribution is 2.45. The van der Waals surface area contributed by atoms with Crippen LogP contribution in [0.4, 0.5) is 0 Å². The molecule has 6 unspecified atom stereocenters. The van der Waals surface area contributed by atoms with Crippen LogP contribution in [0.1, 0.15) is 60.8 Å². The molecule has 0 bridgehead atoms. The van der Waals surface area contributed by atoms with E-state index in [4.69, 9.17) is 19.3 Å². The zero-order valence-electron chi connectivity index (χ0n) is 20.2. The minimum Gasteiger partial charge on any atom is -0.394 e. The van der Waals surface area contributed by atoms with E-state index >= 15 is 0 Å². The van der Waals surface area contributed by atoms with Gasteiger partial charge in [0.05, 0.1) is 33.7 Å². The summed E-state index contributed by atoms with van der Waals surface area (Å²) < 4.78 is 42.3. The Morgan fingerprint density at radius 3 is 1.94 bits per heavy atom. The summed E-state index contributed by atoms with van der Waals surface area (Å²) in [6, 6.07) is 0. The Balaban J connectivity index is 4.61. The fourth-order valence-corrected chi connectivity index (χ4v) is 6.64. The molecule has 0 aromatic rings. The maximum atomic E-state index is 13.0. The van der Waals surface area contributed by atoms with Crippen molar-refractivity contribution in [3.63, 3.8) is 0 Å². The van der Waals surface area contributed by atoms with Gasteiger partial charge in [0.2, 0.25) is 0 Å². The quantitative estimate of drug-likeness (QED) is 0.187. The summed E-state index contributed by atoms with van der Waals surface area (Å²) in [5.41, 5.74) is 0. The molecule has 0 amide bonds. The second-order valence-corrected chi connectivity index (χ2v) is 13.8. The number of aliphatic hydroxyl groups is 3. The van der Waals surface area contributed by atoms with Crippen LogP contribution >= 0.6 is 15.6 Å². The average Bonchev–Trinajstić information content (AvgIpc) is 2.74. The molecule has 188 valence electrons. The van der Waals surface area contributed by atoms with Gasteiger partial charge >= 0.3 is 0 Å². The lowest BCUT2D eigenvalue weighted by atomic mass is 10.1. The van der Waals surface area contributed by atoms with E-state index in [2.05, 4.69) is 0 Å². The van der Waals surface area contributed by atoms with E-state index in [-0.39, 0.29) is 19.3 Å². The van der Waals surface area contributed by atoms with Crippen molar-refractivity contribution in [2.75, 3.05) is 45.4 Å². The van der Waals surface area contributed by atoms with Gasteiger partial charge in [-0.25, -0.2) is 0 Å². The average molecular weight is 489 g/mol. The first kappa shape index (κ1) is 31.2. The van der Waals surface area contributed by atoms with Gasteiger partial charge in [0.1, 0.15) is 25.4 Å². The fourth-order valence-electron chi connectivity index (χ4n) is 3.26. The Morgan fingerprint density at radius 2 is 1.45 bits per heavy atom. The Kier molecular flexibility index (Phi) is 16.1. The number of hydrogen-bond acceptors (Lipinski definition) is 8. The van der Waals surface area contributed by atoms with E-state index in [0.29, 0.717) is 38.6 Å². The summed E-state index contributed by atoms with van der Waals surface area (Å²) in [7, 11) is -4.21. The van der Waals surface area contributed by atoms with Crippen molar-refractivity contribution in [3.8, 4) is 0 Å². The molecular weight excluding hydrogens is 442 g/mol. The third-order valence-corrected chi connectivity index (χ3v) is 10.3. The number of unbranched alkanes of at least 4 members (excludes halogenated alkanes) is 2. The topological polar surface area (TPSA) is 123 Å². The summed E-state index contributed by atoms with van der Waals surface area (Å²) in [5.74, 6) is 0. The number of hydrogen-bond donors (Lipinski definition) is 3. The second kappa shape index (κ2) is 16.0. The zero-order chi connectivity index (χ0) is 24.1. The summed E-state index contributed by atoms with van der Waals surface area (Å²) in [6.45, 7) is 11.3. The van der Waals surface area contributed by atoms with Crippen LogP contribution in [0.5, 0.6) is 0 Å². The molecule has 3 N–H and O–H groups in total. The van der Waals surface area contributed by atoms with Gasteiger partial charge in [0.25, 0.3) is 0 Å². The predicted octanol–water partition coefficient (Wildman–Crippen LogP) is 2.96. The lowest BCUT2D eigenvalue weighted by Gasteiger charge is -2.37. The molecule has 0 radical (unpaired) electrons. The Labute approximate surface area is 189 Å². The molecule has 0 spiro atoms. The largest absolute Gasteiger partial charge is 0.394 e. The summed E-state index contributed by atoms with van der Waals surface area (Å²) in [6.07, 6.45) is 0.916. The van der Waals surface area contributed by atoms with Gasteiger partial charge in [-0.3, -0.25) is 0 Å². The molecule has 0 aliphatic rings. The third-order valence-electron chi connectivity index (χ3n) is 5.52. The van der Waals surface area contributed by atoms with E-state index in [1.165, 1.54) is 0 Å². The SMILES string of the molecule is CCOC(CO)C(O)C(C)(OCC)[PH](=O)CCCCC[PH](=O)C(C)(C)COC(C)CO. The third kappa shape index (κ3) is 10.8. The normalized spacial score (nSPS) is 19.4. The van der Waals surface area contributed by atoms with E-state index < -0.39 is 38.3 Å².